The van der Waals surface area contributed by atoms with Gasteiger partial charge in [0.25, 0.3) is 0 Å². The number of nitrogens with zero attached hydrogens (tertiary/aromatic N) is 1. The summed E-state index contributed by atoms with van der Waals surface area (Å²) in [5, 5.41) is 11.0. The van der Waals surface area contributed by atoms with Gasteiger partial charge < -0.3 is 9.84 Å². The van der Waals surface area contributed by atoms with Crippen molar-refractivity contribution in [1.29, 1.82) is 0 Å². The first-order valence-electron chi connectivity index (χ1n) is 12.9. The number of carbonyl (C=O) groups excluding carboxylic acids is 4. The van der Waals surface area contributed by atoms with Crippen LogP contribution in [0.4, 0.5) is 0 Å². The third-order valence-electron chi connectivity index (χ3n) is 8.85. The van der Waals surface area contributed by atoms with Crippen LogP contribution in [0, 0.1) is 17.8 Å². The Labute approximate surface area is 223 Å². The molecule has 1 N–H and O–H groups in total. The zero-order chi connectivity index (χ0) is 26.0. The average Bonchev–Trinajstić information content (AvgIpc) is 3.16. The number of benzene rings is 1. The fourth-order valence-electron chi connectivity index (χ4n) is 7.18. The molecule has 2 amide bonds. The van der Waals surface area contributed by atoms with Crippen molar-refractivity contribution in [3.8, 4) is 11.5 Å². The number of hydrogen-bond acceptors (Lipinski definition) is 6. The lowest BCUT2D eigenvalue weighted by molar-refractivity contribution is -0.143. The summed E-state index contributed by atoms with van der Waals surface area (Å²) in [7, 11) is 1.50. The highest BCUT2D eigenvalue weighted by Crippen LogP contribution is 2.56. The first-order chi connectivity index (χ1) is 17.8. The Morgan fingerprint density at radius 1 is 1.03 bits per heavy atom. The number of fused-ring (bicyclic) bond motifs is 3. The number of halogens is 1. The fourth-order valence-corrected chi connectivity index (χ4v) is 7.63. The van der Waals surface area contributed by atoms with Gasteiger partial charge in [0, 0.05) is 40.8 Å². The number of rotatable bonds is 3. The number of Topliss-reactive ketones (excluding diaryl/α,β-unsaturated/α-hetero) is 1. The summed E-state index contributed by atoms with van der Waals surface area (Å²) < 4.78 is 5.43. The molecular weight excluding hydrogens is 538 g/mol. The molecule has 192 valence electrons. The Morgan fingerprint density at radius 2 is 1.78 bits per heavy atom. The molecule has 7 nitrogen and oxygen atoms in total. The molecule has 8 heteroatoms. The topological polar surface area (TPSA) is 101 Å². The number of imide groups is 1. The Hall–Kier alpha value is -3.00. The largest absolute Gasteiger partial charge is 0.507 e. The van der Waals surface area contributed by atoms with Gasteiger partial charge in [-0.3, -0.25) is 24.1 Å². The third kappa shape index (κ3) is 3.67. The lowest BCUT2D eigenvalue weighted by atomic mass is 9.59. The number of phenols is 1. The predicted octanol–water partition coefficient (Wildman–Crippen LogP) is 4.50. The second-order valence-electron chi connectivity index (χ2n) is 10.7. The zero-order valence-electron chi connectivity index (χ0n) is 20.5. The third-order valence-corrected chi connectivity index (χ3v) is 9.44. The van der Waals surface area contributed by atoms with Crippen molar-refractivity contribution in [2.45, 2.75) is 56.9 Å². The molecule has 4 atom stereocenters. The smallest absolute Gasteiger partial charge is 0.233 e. The van der Waals surface area contributed by atoms with Crippen molar-refractivity contribution in [2.75, 3.05) is 7.11 Å². The molecule has 1 aliphatic heterocycles. The molecule has 6 rings (SSSR count). The number of hydrogen-bond donors (Lipinski definition) is 1. The van der Waals surface area contributed by atoms with Crippen LogP contribution in [-0.4, -0.2) is 46.5 Å². The zero-order valence-corrected chi connectivity index (χ0v) is 22.1. The molecule has 1 saturated heterocycles. The molecule has 1 heterocycles. The summed E-state index contributed by atoms with van der Waals surface area (Å²) in [6.45, 7) is 0. The highest BCUT2D eigenvalue weighted by molar-refractivity contribution is 9.12. The molecule has 4 aliphatic carbocycles. The maximum atomic E-state index is 13.9. The number of ether oxygens (including phenoxy) is 1. The van der Waals surface area contributed by atoms with Gasteiger partial charge in [-0.2, -0.15) is 0 Å². The average molecular weight is 566 g/mol. The normalized spacial score (nSPS) is 30.1. The molecule has 1 aromatic carbocycles. The van der Waals surface area contributed by atoms with Gasteiger partial charge in [-0.15, -0.1) is 0 Å². The lowest BCUT2D eigenvalue weighted by Gasteiger charge is -2.42. The van der Waals surface area contributed by atoms with Crippen LogP contribution >= 0.6 is 15.9 Å². The van der Waals surface area contributed by atoms with E-state index in [0.29, 0.717) is 28.9 Å². The Balaban J connectivity index is 1.47. The summed E-state index contributed by atoms with van der Waals surface area (Å²) in [5.41, 5.74) is 2.02. The molecule has 0 spiro atoms. The molecule has 2 fully saturated rings. The van der Waals surface area contributed by atoms with Gasteiger partial charge in [-0.25, -0.2) is 0 Å². The van der Waals surface area contributed by atoms with E-state index < -0.39 is 23.7 Å². The maximum absolute atomic E-state index is 13.9. The van der Waals surface area contributed by atoms with Crippen LogP contribution in [0.2, 0.25) is 0 Å². The van der Waals surface area contributed by atoms with E-state index in [4.69, 9.17) is 4.74 Å². The van der Waals surface area contributed by atoms with Gasteiger partial charge in [0.05, 0.1) is 23.4 Å². The number of ketones is 2. The van der Waals surface area contributed by atoms with E-state index in [0.717, 1.165) is 37.7 Å². The predicted molar refractivity (Wildman–Crippen MR) is 138 cm³/mol. The standard InChI is InChI=1S/C29H28BrNO6/c1-37-15-7-8-17(22(32)11-15)24-16-9-10-18-25(29(36)31(28(18)35)14-5-3-2-4-6-14)19(16)12-20-26(24)23(33)13-21(30)27(20)34/h7-9,11,13-14,18-19,24-25,32H,2-6,10,12H2,1H3/t18-,19+,24+,25-/m0/s1. The van der Waals surface area contributed by atoms with Crippen LogP contribution in [0.15, 0.2) is 51.6 Å². The van der Waals surface area contributed by atoms with Crippen molar-refractivity contribution in [3.05, 3.63) is 57.1 Å². The van der Waals surface area contributed by atoms with E-state index in [1.165, 1.54) is 24.2 Å². The van der Waals surface area contributed by atoms with Crippen molar-refractivity contribution in [3.63, 3.8) is 0 Å². The maximum Gasteiger partial charge on any atom is 0.233 e. The van der Waals surface area contributed by atoms with E-state index in [-0.39, 0.29) is 46.1 Å². The van der Waals surface area contributed by atoms with Crippen molar-refractivity contribution in [1.82, 2.24) is 4.90 Å². The van der Waals surface area contributed by atoms with Crippen LogP contribution < -0.4 is 4.74 Å². The number of amides is 2. The number of allylic oxidation sites excluding steroid dienone is 6. The van der Waals surface area contributed by atoms with Gasteiger partial charge in [0.15, 0.2) is 11.6 Å². The van der Waals surface area contributed by atoms with Crippen LogP contribution in [0.5, 0.6) is 11.5 Å². The monoisotopic (exact) mass is 565 g/mol. The van der Waals surface area contributed by atoms with Gasteiger partial charge in [-0.1, -0.05) is 37.0 Å². The highest BCUT2D eigenvalue weighted by Gasteiger charge is 2.57. The fraction of sp³-hybridized carbons (Fsp3) is 0.448. The number of phenolic OH excluding ortho intramolecular Hbond substituents is 1. The molecule has 0 radical (unpaired) electrons. The molecule has 1 saturated carbocycles. The number of carbonyl (C=O) groups is 4. The molecule has 5 aliphatic rings. The lowest BCUT2D eigenvalue weighted by Crippen LogP contribution is -2.43. The quantitative estimate of drug-likeness (QED) is 0.329. The van der Waals surface area contributed by atoms with E-state index in [9.17, 15) is 24.3 Å². The number of likely N-dealkylation sites (tertiary alicyclic amines) is 1. The van der Waals surface area contributed by atoms with Crippen LogP contribution in [0.25, 0.3) is 0 Å². The first-order valence-corrected chi connectivity index (χ1v) is 13.7. The molecule has 0 bridgehead atoms. The second-order valence-corrected chi connectivity index (χ2v) is 11.5. The highest BCUT2D eigenvalue weighted by atomic mass is 79.9. The summed E-state index contributed by atoms with van der Waals surface area (Å²) in [6.07, 6.45) is 8.71. The van der Waals surface area contributed by atoms with E-state index in [2.05, 4.69) is 15.9 Å². The van der Waals surface area contributed by atoms with Crippen molar-refractivity contribution < 1.29 is 29.0 Å². The minimum Gasteiger partial charge on any atom is -0.507 e. The van der Waals surface area contributed by atoms with Crippen molar-refractivity contribution >= 4 is 39.3 Å². The first kappa shape index (κ1) is 24.3. The minimum atomic E-state index is -0.680. The Morgan fingerprint density at radius 3 is 2.49 bits per heavy atom. The van der Waals surface area contributed by atoms with E-state index >= 15 is 0 Å². The molecular formula is C29H28BrNO6. The van der Waals surface area contributed by atoms with Crippen molar-refractivity contribution in [2.24, 2.45) is 17.8 Å². The number of aromatic hydroxyl groups is 1. The van der Waals surface area contributed by atoms with Gasteiger partial charge >= 0.3 is 0 Å². The SMILES string of the molecule is COc1ccc([C@H]2C3=CC[C@@H]4C(=O)N(C5CCCCC5)C(=O)[C@@H]4[C@@H]3CC3=C2C(=O)C=C(Br)C3=O)c(O)c1. The van der Waals surface area contributed by atoms with Gasteiger partial charge in [0.1, 0.15) is 11.5 Å². The minimum absolute atomic E-state index is 0.0496. The van der Waals surface area contributed by atoms with E-state index in [1.54, 1.807) is 12.1 Å². The molecule has 0 unspecified atom stereocenters. The van der Waals surface area contributed by atoms with E-state index in [1.807, 2.05) is 6.08 Å². The summed E-state index contributed by atoms with van der Waals surface area (Å²) in [4.78, 5) is 55.5. The molecule has 0 aromatic heterocycles. The van der Waals surface area contributed by atoms with Crippen LogP contribution in [0.1, 0.15) is 56.4 Å². The summed E-state index contributed by atoms with van der Waals surface area (Å²) >= 11 is 3.24. The Bertz CT molecular complexity index is 1330. The molecule has 37 heavy (non-hydrogen) atoms. The second kappa shape index (κ2) is 9.08. The summed E-state index contributed by atoms with van der Waals surface area (Å²) in [6, 6.07) is 4.85. The van der Waals surface area contributed by atoms with Gasteiger partial charge in [0.2, 0.25) is 11.8 Å². The van der Waals surface area contributed by atoms with Gasteiger partial charge in [-0.05, 0) is 53.6 Å². The van der Waals surface area contributed by atoms with Crippen LogP contribution in [-0.2, 0) is 19.2 Å². The molecule has 1 aromatic rings. The summed E-state index contributed by atoms with van der Waals surface area (Å²) in [5.74, 6) is -2.51. The van der Waals surface area contributed by atoms with Crippen LogP contribution in [0.3, 0.4) is 0 Å². The Kier molecular flexibility index (Phi) is 5.97. The number of methoxy groups -OCH3 is 1.